The van der Waals surface area contributed by atoms with E-state index in [0.717, 1.165) is 6.42 Å². The van der Waals surface area contributed by atoms with Crippen LogP contribution in [0.25, 0.3) is 0 Å². The minimum absolute atomic E-state index is 0.0353. The molecular weight excluding hydrogens is 508 g/mol. The Balaban J connectivity index is 2.03. The second-order valence-electron chi connectivity index (χ2n) is 10.1. The first-order chi connectivity index (χ1) is 15.5. The molecule has 0 radical (unpaired) electrons. The van der Waals surface area contributed by atoms with E-state index in [1.165, 1.54) is 0 Å². The third-order valence-corrected chi connectivity index (χ3v) is 10.2. The number of esters is 1. The van der Waals surface area contributed by atoms with E-state index >= 15 is 0 Å². The Morgan fingerprint density at radius 1 is 1.36 bits per heavy atom. The van der Waals surface area contributed by atoms with E-state index in [1.807, 2.05) is 20.8 Å². The second-order valence-corrected chi connectivity index (χ2v) is 12.9. The summed E-state index contributed by atoms with van der Waals surface area (Å²) in [5.74, 6) is -1.65. The molecule has 3 rings (SSSR count). The number of ether oxygens (including phenoxy) is 1. The smallest absolute Gasteiger partial charge is 0.310 e. The highest BCUT2D eigenvalue weighted by atomic mass is 79.9. The average Bonchev–Trinajstić information content (AvgIpc) is 3.32. The Hall–Kier alpha value is -1.06. The van der Waals surface area contributed by atoms with Gasteiger partial charge in [-0.2, -0.15) is 0 Å². The number of unbranched alkanes of at least 4 members (excludes halogenated alkanes) is 2. The van der Waals surface area contributed by atoms with Gasteiger partial charge in [0.25, 0.3) is 0 Å². The number of amides is 2. The summed E-state index contributed by atoms with van der Waals surface area (Å²) in [6.07, 6.45) is 4.50. The summed E-state index contributed by atoms with van der Waals surface area (Å²) in [7, 11) is 0. The molecule has 1 spiro atoms. The number of nitrogens with zero attached hydrogens (tertiary/aromatic N) is 2. The van der Waals surface area contributed by atoms with Crippen LogP contribution in [0.3, 0.4) is 0 Å². The summed E-state index contributed by atoms with van der Waals surface area (Å²) >= 11 is 5.39. The van der Waals surface area contributed by atoms with Crippen LogP contribution in [0, 0.1) is 11.8 Å². The lowest BCUT2D eigenvalue weighted by molar-refractivity contribution is -0.153. The van der Waals surface area contributed by atoms with Crippen LogP contribution < -0.4 is 0 Å². The number of likely N-dealkylation sites (tertiary alicyclic amines) is 1. The van der Waals surface area contributed by atoms with Crippen LogP contribution in [0.15, 0.2) is 12.7 Å². The minimum Gasteiger partial charge on any atom is -0.466 e. The molecule has 9 heteroatoms. The van der Waals surface area contributed by atoms with Crippen LogP contribution in [0.4, 0.5) is 0 Å². The number of carbonyl (C=O) groups excluding carboxylic acids is 3. The van der Waals surface area contributed by atoms with E-state index in [1.54, 1.807) is 34.6 Å². The van der Waals surface area contributed by atoms with Crippen LogP contribution in [-0.2, 0) is 19.1 Å². The first-order valence-electron chi connectivity index (χ1n) is 11.9. The molecule has 6 atom stereocenters. The fourth-order valence-corrected chi connectivity index (χ4v) is 9.29. The number of hydrogen-bond acceptors (Lipinski definition) is 6. The summed E-state index contributed by atoms with van der Waals surface area (Å²) in [6.45, 7) is 12.8. The maximum Gasteiger partial charge on any atom is 0.310 e. The molecule has 0 saturated carbocycles. The van der Waals surface area contributed by atoms with Crippen molar-refractivity contribution >= 4 is 45.5 Å². The van der Waals surface area contributed by atoms with Gasteiger partial charge >= 0.3 is 5.97 Å². The second kappa shape index (κ2) is 10.3. The number of fused-ring (bicyclic) bond motifs is 1. The van der Waals surface area contributed by atoms with Gasteiger partial charge in [-0.05, 0) is 53.4 Å². The topological polar surface area (TPSA) is 87.2 Å². The van der Waals surface area contributed by atoms with Gasteiger partial charge in [0.2, 0.25) is 11.8 Å². The van der Waals surface area contributed by atoms with Crippen LogP contribution in [0.1, 0.15) is 53.4 Å². The maximum absolute atomic E-state index is 14.2. The molecule has 3 unspecified atom stereocenters. The molecule has 0 aromatic rings. The van der Waals surface area contributed by atoms with E-state index in [2.05, 4.69) is 22.5 Å². The average molecular weight is 546 g/mol. The lowest BCUT2D eigenvalue weighted by Gasteiger charge is -2.42. The molecule has 0 aromatic heterocycles. The molecule has 0 aromatic carbocycles. The Labute approximate surface area is 209 Å². The van der Waals surface area contributed by atoms with Gasteiger partial charge in [0.05, 0.1) is 23.2 Å². The summed E-state index contributed by atoms with van der Waals surface area (Å²) in [5.41, 5.74) is -0.443. The molecule has 0 aliphatic carbocycles. The largest absolute Gasteiger partial charge is 0.466 e. The van der Waals surface area contributed by atoms with Gasteiger partial charge in [-0.3, -0.25) is 14.4 Å². The number of hydrogen-bond donors (Lipinski definition) is 1. The number of carbonyl (C=O) groups is 3. The van der Waals surface area contributed by atoms with E-state index in [9.17, 15) is 14.4 Å². The van der Waals surface area contributed by atoms with Gasteiger partial charge in [-0.1, -0.05) is 22.0 Å². The van der Waals surface area contributed by atoms with Crippen LogP contribution in [0.2, 0.25) is 0 Å². The third kappa shape index (κ3) is 4.61. The van der Waals surface area contributed by atoms with Crippen molar-refractivity contribution in [3.05, 3.63) is 12.7 Å². The summed E-state index contributed by atoms with van der Waals surface area (Å²) in [5, 5.41) is 9.06. The summed E-state index contributed by atoms with van der Waals surface area (Å²) < 4.78 is 4.72. The highest BCUT2D eigenvalue weighted by molar-refractivity contribution is 9.09. The molecule has 1 N–H and O–H groups in total. The van der Waals surface area contributed by atoms with Crippen molar-refractivity contribution in [3.63, 3.8) is 0 Å². The van der Waals surface area contributed by atoms with Crippen LogP contribution >= 0.6 is 27.7 Å². The summed E-state index contributed by atoms with van der Waals surface area (Å²) in [6, 6.07) is -0.641. The Bertz CT molecular complexity index is 787. The van der Waals surface area contributed by atoms with E-state index < -0.39 is 28.2 Å². The lowest BCUT2D eigenvalue weighted by Crippen LogP contribution is -2.59. The highest BCUT2D eigenvalue weighted by Gasteiger charge is 2.76. The fraction of sp³-hybridized carbons (Fsp3) is 0.792. The molecule has 2 amide bonds. The predicted molar refractivity (Wildman–Crippen MR) is 133 cm³/mol. The number of rotatable bonds is 10. The third-order valence-electron chi connectivity index (χ3n) is 7.03. The number of alkyl halides is 1. The monoisotopic (exact) mass is 544 g/mol. The molecule has 7 nitrogen and oxygen atoms in total. The van der Waals surface area contributed by atoms with Gasteiger partial charge in [0, 0.05) is 35.3 Å². The van der Waals surface area contributed by atoms with Gasteiger partial charge in [-0.25, -0.2) is 0 Å². The van der Waals surface area contributed by atoms with Crippen LogP contribution in [-0.4, -0.2) is 85.4 Å². The maximum atomic E-state index is 14.2. The molecular formula is C24H37BrN2O5S. The number of aliphatic hydroxyl groups is 1. The number of aliphatic hydroxyl groups excluding tert-OH is 1. The zero-order valence-corrected chi connectivity index (χ0v) is 22.5. The van der Waals surface area contributed by atoms with E-state index in [0.29, 0.717) is 32.4 Å². The van der Waals surface area contributed by atoms with Crippen molar-refractivity contribution in [1.82, 2.24) is 9.80 Å². The normalized spacial score (nSPS) is 32.7. The molecule has 3 aliphatic rings. The van der Waals surface area contributed by atoms with Crippen LogP contribution in [0.5, 0.6) is 0 Å². The molecule has 2 bridgehead atoms. The SMILES string of the molecule is C=CCN(C(=O)C1N(CCCCCO)C(=O)[C@@H]2[C@H](C(=O)OCC)[C@H]3SC12CC3Br)C(C)(C)C. The van der Waals surface area contributed by atoms with E-state index in [-0.39, 0.29) is 41.1 Å². The molecule has 3 heterocycles. The number of halogens is 1. The Morgan fingerprint density at radius 2 is 2.06 bits per heavy atom. The molecule has 3 saturated heterocycles. The molecule has 33 heavy (non-hydrogen) atoms. The Morgan fingerprint density at radius 3 is 2.64 bits per heavy atom. The first kappa shape index (κ1) is 26.5. The lowest BCUT2D eigenvalue weighted by atomic mass is 9.71. The quantitative estimate of drug-likeness (QED) is 0.197. The highest BCUT2D eigenvalue weighted by Crippen LogP contribution is 2.68. The molecule has 3 fully saturated rings. The van der Waals surface area contributed by atoms with Gasteiger partial charge in [-0.15, -0.1) is 18.3 Å². The van der Waals surface area contributed by atoms with Gasteiger partial charge in [0.15, 0.2) is 0 Å². The fourth-order valence-electron chi connectivity index (χ4n) is 5.70. The molecule has 3 aliphatic heterocycles. The zero-order valence-electron chi connectivity index (χ0n) is 20.1. The predicted octanol–water partition coefficient (Wildman–Crippen LogP) is 2.99. The van der Waals surface area contributed by atoms with Crippen molar-refractivity contribution in [2.75, 3.05) is 26.3 Å². The zero-order chi connectivity index (χ0) is 24.6. The van der Waals surface area contributed by atoms with Gasteiger partial charge in [0.1, 0.15) is 6.04 Å². The standard InChI is InChI=1S/C24H37BrN2O5S/c1-6-11-27(23(3,4)5)21(30)19-24-14-15(25)18(33-24)16(22(31)32-7-2)17(24)20(29)26(19)12-9-8-10-13-28/h6,15-19,28H,1,7-14H2,2-5H3/t15?,16-,17-,18-,19?,24?/m0/s1. The van der Waals surface area contributed by atoms with E-state index in [4.69, 9.17) is 9.84 Å². The van der Waals surface area contributed by atoms with Crippen molar-refractivity contribution in [3.8, 4) is 0 Å². The summed E-state index contributed by atoms with van der Waals surface area (Å²) in [4.78, 5) is 44.6. The van der Waals surface area contributed by atoms with Crippen molar-refractivity contribution in [1.29, 1.82) is 0 Å². The number of thioether (sulfide) groups is 1. The van der Waals surface area contributed by atoms with Crippen molar-refractivity contribution < 1.29 is 24.2 Å². The van der Waals surface area contributed by atoms with Crippen molar-refractivity contribution in [2.24, 2.45) is 11.8 Å². The van der Waals surface area contributed by atoms with Gasteiger partial charge < -0.3 is 19.6 Å². The first-order valence-corrected chi connectivity index (χ1v) is 13.7. The van der Waals surface area contributed by atoms with Crippen molar-refractivity contribution in [2.45, 2.75) is 79.8 Å². The Kier molecular flexibility index (Phi) is 8.27. The minimum atomic E-state index is -0.661. The molecule has 186 valence electrons.